The third-order valence-corrected chi connectivity index (χ3v) is 11.9. The van der Waals surface area contributed by atoms with Gasteiger partial charge < -0.3 is 5.32 Å². The lowest BCUT2D eigenvalue weighted by molar-refractivity contribution is 0.390. The number of unbranched alkanes of at least 4 members (excludes halogenated alkanes) is 10. The third-order valence-electron chi connectivity index (χ3n) is 11.9. The smallest absolute Gasteiger partial charge is 0.0505 e. The molecule has 1 N–H and O–H groups in total. The molecule has 1 heteroatoms. The summed E-state index contributed by atoms with van der Waals surface area (Å²) < 4.78 is 0. The number of nitrogens with one attached hydrogen (secondary N) is 1. The molecule has 0 saturated carbocycles. The summed E-state index contributed by atoms with van der Waals surface area (Å²) in [7, 11) is 0. The SMILES string of the molecule is CCCCCCCCC1(CCCCCCCC)c2cccc(-c3cccc(-c4ccccc4)c3)c2Nc2c(-c3cccc(-c4ccccc4)c3)cccc21. The van der Waals surface area contributed by atoms with E-state index in [4.69, 9.17) is 0 Å². The minimum Gasteiger partial charge on any atom is -0.354 e. The molecule has 7 rings (SSSR count). The summed E-state index contributed by atoms with van der Waals surface area (Å²) >= 11 is 0. The van der Waals surface area contributed by atoms with Gasteiger partial charge in [0.15, 0.2) is 0 Å². The van der Waals surface area contributed by atoms with Crippen LogP contribution < -0.4 is 5.32 Å². The van der Waals surface area contributed by atoms with E-state index in [0.29, 0.717) is 0 Å². The van der Waals surface area contributed by atoms with Crippen molar-refractivity contribution >= 4 is 11.4 Å². The van der Waals surface area contributed by atoms with E-state index in [0.717, 1.165) is 0 Å². The van der Waals surface area contributed by atoms with Gasteiger partial charge in [0.1, 0.15) is 0 Å². The summed E-state index contributed by atoms with van der Waals surface area (Å²) in [5, 5.41) is 4.18. The summed E-state index contributed by atoms with van der Waals surface area (Å²) in [5.74, 6) is 0. The number of benzene rings is 6. The molecule has 1 aliphatic rings. The van der Waals surface area contributed by atoms with Crippen LogP contribution in [0.4, 0.5) is 11.4 Å². The molecule has 0 aromatic heterocycles. The first-order valence-electron chi connectivity index (χ1n) is 21.1. The van der Waals surface area contributed by atoms with Crippen LogP contribution in [0.1, 0.15) is 115 Å². The van der Waals surface area contributed by atoms with Gasteiger partial charge in [0, 0.05) is 16.5 Å². The van der Waals surface area contributed by atoms with Gasteiger partial charge in [0.25, 0.3) is 0 Å². The van der Waals surface area contributed by atoms with Crippen LogP contribution >= 0.6 is 0 Å². The molecule has 6 aromatic carbocycles. The van der Waals surface area contributed by atoms with Crippen LogP contribution in [-0.2, 0) is 5.41 Å². The van der Waals surface area contributed by atoms with Crippen molar-refractivity contribution in [2.45, 2.75) is 109 Å². The number of fused-ring (bicyclic) bond motifs is 2. The fraction of sp³-hybridized carbons (Fsp3) is 0.321. The van der Waals surface area contributed by atoms with Crippen molar-refractivity contribution in [3.8, 4) is 44.5 Å². The molecule has 0 atom stereocenters. The van der Waals surface area contributed by atoms with Crippen LogP contribution in [0.5, 0.6) is 0 Å². The Kier molecular flexibility index (Phi) is 12.8. The Bertz CT molecular complexity index is 1920. The Labute approximate surface area is 325 Å². The highest BCUT2D eigenvalue weighted by atomic mass is 14.9. The second-order valence-corrected chi connectivity index (χ2v) is 15.6. The predicted octanol–water partition coefficient (Wildman–Crippen LogP) is 16.2. The minimum atomic E-state index is -0.0640. The molecule has 0 radical (unpaired) electrons. The van der Waals surface area contributed by atoms with Crippen LogP contribution in [0.15, 0.2) is 146 Å². The molecular formula is C53H59N. The molecule has 276 valence electrons. The van der Waals surface area contributed by atoms with Crippen molar-refractivity contribution in [3.63, 3.8) is 0 Å². The van der Waals surface area contributed by atoms with E-state index in [1.807, 2.05) is 0 Å². The first-order valence-corrected chi connectivity index (χ1v) is 21.1. The number of rotatable bonds is 18. The normalized spacial score (nSPS) is 12.9. The Morgan fingerprint density at radius 3 is 1.17 bits per heavy atom. The van der Waals surface area contributed by atoms with E-state index < -0.39 is 0 Å². The lowest BCUT2D eigenvalue weighted by Crippen LogP contribution is -2.33. The lowest BCUT2D eigenvalue weighted by atomic mass is 9.64. The van der Waals surface area contributed by atoms with Gasteiger partial charge in [0.2, 0.25) is 0 Å². The van der Waals surface area contributed by atoms with Crippen molar-refractivity contribution in [2.24, 2.45) is 0 Å². The van der Waals surface area contributed by atoms with Gasteiger partial charge in [-0.05, 0) is 69.5 Å². The average molecular weight is 710 g/mol. The second kappa shape index (κ2) is 18.4. The monoisotopic (exact) mass is 709 g/mol. The van der Waals surface area contributed by atoms with E-state index in [1.54, 1.807) is 0 Å². The molecule has 0 unspecified atom stereocenters. The maximum atomic E-state index is 4.18. The van der Waals surface area contributed by atoms with Crippen LogP contribution in [0.2, 0.25) is 0 Å². The zero-order valence-electron chi connectivity index (χ0n) is 32.8. The molecule has 0 aliphatic carbocycles. The van der Waals surface area contributed by atoms with Crippen molar-refractivity contribution in [2.75, 3.05) is 5.32 Å². The van der Waals surface area contributed by atoms with Crippen molar-refractivity contribution in [3.05, 3.63) is 157 Å². The Morgan fingerprint density at radius 2 is 0.722 bits per heavy atom. The maximum Gasteiger partial charge on any atom is 0.0505 e. The van der Waals surface area contributed by atoms with Crippen molar-refractivity contribution in [1.82, 2.24) is 0 Å². The predicted molar refractivity (Wildman–Crippen MR) is 235 cm³/mol. The lowest BCUT2D eigenvalue weighted by Gasteiger charge is -2.43. The molecule has 1 nitrogen and oxygen atoms in total. The Balaban J connectivity index is 1.37. The first kappa shape index (κ1) is 37.4. The molecule has 54 heavy (non-hydrogen) atoms. The average Bonchev–Trinajstić information content (AvgIpc) is 3.23. The number of anilines is 2. The number of para-hydroxylation sites is 2. The van der Waals surface area contributed by atoms with E-state index in [9.17, 15) is 0 Å². The summed E-state index contributed by atoms with van der Waals surface area (Å²) in [6.45, 7) is 4.64. The van der Waals surface area contributed by atoms with Gasteiger partial charge in [-0.3, -0.25) is 0 Å². The van der Waals surface area contributed by atoms with Gasteiger partial charge in [0.05, 0.1) is 11.4 Å². The largest absolute Gasteiger partial charge is 0.354 e. The van der Waals surface area contributed by atoms with E-state index >= 15 is 0 Å². The Morgan fingerprint density at radius 1 is 0.352 bits per heavy atom. The van der Waals surface area contributed by atoms with Crippen molar-refractivity contribution < 1.29 is 0 Å². The molecule has 0 saturated heterocycles. The van der Waals surface area contributed by atoms with Crippen molar-refractivity contribution in [1.29, 1.82) is 0 Å². The summed E-state index contributed by atoms with van der Waals surface area (Å²) in [6.07, 6.45) is 18.1. The van der Waals surface area contributed by atoms with Gasteiger partial charge in [-0.15, -0.1) is 0 Å². The highest BCUT2D eigenvalue weighted by Gasteiger charge is 2.41. The summed E-state index contributed by atoms with van der Waals surface area (Å²) in [6, 6.07) is 54.3. The quantitative estimate of drug-likeness (QED) is 0.0876. The maximum absolute atomic E-state index is 4.18. The summed E-state index contributed by atoms with van der Waals surface area (Å²) in [4.78, 5) is 0. The second-order valence-electron chi connectivity index (χ2n) is 15.6. The minimum absolute atomic E-state index is 0.0640. The molecule has 1 aliphatic heterocycles. The van der Waals surface area contributed by atoms with Gasteiger partial charge in [-0.25, -0.2) is 0 Å². The highest BCUT2D eigenvalue weighted by Crippen LogP contribution is 2.56. The molecule has 0 bridgehead atoms. The summed E-state index contributed by atoms with van der Waals surface area (Å²) in [5.41, 5.74) is 15.6. The third kappa shape index (κ3) is 8.42. The molecule has 0 fully saturated rings. The zero-order valence-corrected chi connectivity index (χ0v) is 32.8. The fourth-order valence-electron chi connectivity index (χ4n) is 8.99. The number of hydrogen-bond donors (Lipinski definition) is 1. The zero-order chi connectivity index (χ0) is 37.0. The molecule has 1 heterocycles. The fourth-order valence-corrected chi connectivity index (χ4v) is 8.99. The van der Waals surface area contributed by atoms with Crippen LogP contribution in [0.25, 0.3) is 44.5 Å². The van der Waals surface area contributed by atoms with Crippen LogP contribution in [0.3, 0.4) is 0 Å². The Hall–Kier alpha value is -4.88. The first-order chi connectivity index (χ1) is 26.7. The van der Waals surface area contributed by atoms with Crippen LogP contribution in [0, 0.1) is 0 Å². The highest BCUT2D eigenvalue weighted by molar-refractivity contribution is 5.95. The van der Waals surface area contributed by atoms with E-state index in [2.05, 4.69) is 165 Å². The van der Waals surface area contributed by atoms with Crippen LogP contribution in [-0.4, -0.2) is 0 Å². The molecule has 0 amide bonds. The molecular weight excluding hydrogens is 651 g/mol. The van der Waals surface area contributed by atoms with E-state index in [1.165, 1.54) is 157 Å². The standard InChI is InChI=1S/C53H59N/c1-3-5-7-9-11-19-37-53(38-20-12-10-8-6-4-2)49-35-23-33-47(45-31-21-29-43(39-45)41-25-15-13-16-26-41)51(49)54-52-48(34-24-36-50(52)53)46-32-22-30-44(40-46)42-27-17-14-18-28-42/h13-18,21-36,39-40,54H,3-12,19-20,37-38H2,1-2H3. The number of hydrogen-bond acceptors (Lipinski definition) is 1. The van der Waals surface area contributed by atoms with Gasteiger partial charge in [-0.1, -0.05) is 224 Å². The molecule has 0 spiro atoms. The molecule has 6 aromatic rings. The van der Waals surface area contributed by atoms with Gasteiger partial charge in [-0.2, -0.15) is 0 Å². The topological polar surface area (TPSA) is 12.0 Å². The van der Waals surface area contributed by atoms with E-state index in [-0.39, 0.29) is 5.41 Å². The van der Waals surface area contributed by atoms with Gasteiger partial charge >= 0.3 is 0 Å².